The summed E-state index contributed by atoms with van der Waals surface area (Å²) in [5, 5.41) is 2.98. The predicted octanol–water partition coefficient (Wildman–Crippen LogP) is 2.36. The highest BCUT2D eigenvalue weighted by Gasteiger charge is 2.31. The average molecular weight is 387 g/mol. The van der Waals surface area contributed by atoms with Crippen molar-refractivity contribution in [3.05, 3.63) is 29.8 Å². The summed E-state index contributed by atoms with van der Waals surface area (Å²) < 4.78 is 24.3. The Kier molecular flexibility index (Phi) is 6.51. The summed E-state index contributed by atoms with van der Waals surface area (Å²) >= 11 is 0. The molecule has 2 atom stereocenters. The Morgan fingerprint density at radius 1 is 1.08 bits per heavy atom. The number of rotatable bonds is 3. The number of benzene rings is 1. The van der Waals surface area contributed by atoms with Crippen LogP contribution >= 0.6 is 12.4 Å². The molecule has 5 nitrogen and oxygen atoms in total. The second kappa shape index (κ2) is 8.06. The zero-order valence-electron chi connectivity index (χ0n) is 14.8. The molecule has 25 heavy (non-hydrogen) atoms. The summed E-state index contributed by atoms with van der Waals surface area (Å²) in [6.07, 6.45) is 2.09. The Balaban J connectivity index is 0.00000225. The molecule has 0 unspecified atom stereocenters. The maximum atomic E-state index is 12.7. The average Bonchev–Trinajstić information content (AvgIpc) is 2.93. The van der Waals surface area contributed by atoms with Gasteiger partial charge >= 0.3 is 0 Å². The number of nitrogens with zero attached hydrogens (tertiary/aromatic N) is 1. The molecule has 2 heterocycles. The van der Waals surface area contributed by atoms with Crippen LogP contribution in [0, 0.1) is 11.8 Å². The molecule has 2 saturated heterocycles. The standard InChI is InChI=1S/C18H26N2O3S.ClH/c1-13(2)24(22,23)17-5-3-14(4-6-17)18(21)20-9-7-15-11-19-12-16(15)8-10-20;/h3-6,13,15-16,19H,7-12H2,1-2H3;1H/t15-,16+;. The van der Waals surface area contributed by atoms with Crippen molar-refractivity contribution in [3.8, 4) is 0 Å². The first kappa shape index (κ1) is 20.2. The van der Waals surface area contributed by atoms with Gasteiger partial charge in [0.05, 0.1) is 10.1 Å². The fourth-order valence-corrected chi connectivity index (χ4v) is 4.72. The van der Waals surface area contributed by atoms with E-state index in [4.69, 9.17) is 0 Å². The van der Waals surface area contributed by atoms with Crippen LogP contribution < -0.4 is 5.32 Å². The minimum Gasteiger partial charge on any atom is -0.339 e. The summed E-state index contributed by atoms with van der Waals surface area (Å²) in [6, 6.07) is 6.40. The van der Waals surface area contributed by atoms with Gasteiger partial charge in [-0.1, -0.05) is 0 Å². The van der Waals surface area contributed by atoms with Gasteiger partial charge in [-0.3, -0.25) is 4.79 Å². The summed E-state index contributed by atoms with van der Waals surface area (Å²) in [5.41, 5.74) is 0.572. The number of fused-ring (bicyclic) bond motifs is 1. The fraction of sp³-hybridized carbons (Fsp3) is 0.611. The predicted molar refractivity (Wildman–Crippen MR) is 101 cm³/mol. The number of amides is 1. The first-order valence-corrected chi connectivity index (χ1v) is 10.3. The van der Waals surface area contributed by atoms with Gasteiger partial charge in [0.2, 0.25) is 0 Å². The van der Waals surface area contributed by atoms with Crippen LogP contribution in [0.1, 0.15) is 37.0 Å². The lowest BCUT2D eigenvalue weighted by atomic mass is 9.92. The van der Waals surface area contributed by atoms with Crippen LogP contribution in [0.5, 0.6) is 0 Å². The number of nitrogens with one attached hydrogen (secondary N) is 1. The van der Waals surface area contributed by atoms with Gasteiger partial charge < -0.3 is 10.2 Å². The number of carbonyl (C=O) groups excluding carboxylic acids is 1. The van der Waals surface area contributed by atoms with Gasteiger partial charge in [-0.05, 0) is 75.9 Å². The molecule has 1 aromatic carbocycles. The molecule has 1 aromatic rings. The number of carbonyl (C=O) groups is 1. The van der Waals surface area contributed by atoms with E-state index in [1.165, 1.54) is 0 Å². The molecule has 2 fully saturated rings. The lowest BCUT2D eigenvalue weighted by molar-refractivity contribution is 0.0758. The van der Waals surface area contributed by atoms with Crippen molar-refractivity contribution in [2.24, 2.45) is 11.8 Å². The molecule has 140 valence electrons. The Morgan fingerprint density at radius 2 is 1.60 bits per heavy atom. The van der Waals surface area contributed by atoms with Crippen molar-refractivity contribution in [2.75, 3.05) is 26.2 Å². The Hall–Kier alpha value is -1.11. The molecule has 1 amide bonds. The second-order valence-corrected chi connectivity index (χ2v) is 9.67. The van der Waals surface area contributed by atoms with E-state index in [1.54, 1.807) is 38.1 Å². The largest absolute Gasteiger partial charge is 0.339 e. The van der Waals surface area contributed by atoms with Crippen LogP contribution in [0.2, 0.25) is 0 Å². The van der Waals surface area contributed by atoms with Crippen molar-refractivity contribution in [3.63, 3.8) is 0 Å². The van der Waals surface area contributed by atoms with Gasteiger partial charge in [0, 0.05) is 18.7 Å². The summed E-state index contributed by atoms with van der Waals surface area (Å²) in [7, 11) is -3.29. The number of likely N-dealkylation sites (tertiary alicyclic amines) is 1. The topological polar surface area (TPSA) is 66.5 Å². The first-order chi connectivity index (χ1) is 11.4. The smallest absolute Gasteiger partial charge is 0.253 e. The van der Waals surface area contributed by atoms with Crippen molar-refractivity contribution in [1.29, 1.82) is 0 Å². The number of halogens is 1. The van der Waals surface area contributed by atoms with Gasteiger partial charge in [-0.15, -0.1) is 12.4 Å². The molecule has 0 bridgehead atoms. The Morgan fingerprint density at radius 3 is 2.08 bits per heavy atom. The number of hydrogen-bond donors (Lipinski definition) is 1. The molecule has 3 rings (SSSR count). The molecule has 0 saturated carbocycles. The lowest BCUT2D eigenvalue weighted by Gasteiger charge is -2.21. The second-order valence-electron chi connectivity index (χ2n) is 7.17. The zero-order valence-corrected chi connectivity index (χ0v) is 16.4. The van der Waals surface area contributed by atoms with Crippen LogP contribution in [-0.4, -0.2) is 50.7 Å². The summed E-state index contributed by atoms with van der Waals surface area (Å²) in [6.45, 7) is 7.03. The molecule has 0 radical (unpaired) electrons. The number of hydrogen-bond acceptors (Lipinski definition) is 4. The van der Waals surface area contributed by atoms with Gasteiger partial charge in [-0.2, -0.15) is 0 Å². The fourth-order valence-electron chi connectivity index (χ4n) is 3.66. The minimum atomic E-state index is -3.29. The van der Waals surface area contributed by atoms with Crippen molar-refractivity contribution in [2.45, 2.75) is 36.8 Å². The SMILES string of the molecule is CC(C)S(=O)(=O)c1ccc(C(=O)N2CC[C@@H]3CNC[C@@H]3CC2)cc1.Cl. The molecule has 0 aliphatic carbocycles. The summed E-state index contributed by atoms with van der Waals surface area (Å²) in [4.78, 5) is 14.9. The monoisotopic (exact) mass is 386 g/mol. The van der Waals surface area contributed by atoms with Gasteiger partial charge in [-0.25, -0.2) is 8.42 Å². The maximum absolute atomic E-state index is 12.7. The van der Waals surface area contributed by atoms with Crippen LogP contribution in [0.3, 0.4) is 0 Å². The quantitative estimate of drug-likeness (QED) is 0.865. The van der Waals surface area contributed by atoms with E-state index in [2.05, 4.69) is 5.32 Å². The van der Waals surface area contributed by atoms with Crippen molar-refractivity contribution in [1.82, 2.24) is 10.2 Å². The van der Waals surface area contributed by atoms with E-state index in [0.717, 1.165) is 39.0 Å². The van der Waals surface area contributed by atoms with E-state index in [1.807, 2.05) is 4.90 Å². The van der Waals surface area contributed by atoms with Gasteiger partial charge in [0.25, 0.3) is 5.91 Å². The number of sulfone groups is 1. The third-order valence-corrected chi connectivity index (χ3v) is 7.53. The maximum Gasteiger partial charge on any atom is 0.253 e. The first-order valence-electron chi connectivity index (χ1n) is 8.73. The van der Waals surface area contributed by atoms with Gasteiger partial charge in [0.1, 0.15) is 0 Å². The minimum absolute atomic E-state index is 0. The zero-order chi connectivity index (χ0) is 17.3. The highest BCUT2D eigenvalue weighted by Crippen LogP contribution is 2.28. The molecular weight excluding hydrogens is 360 g/mol. The van der Waals surface area contributed by atoms with Crippen LogP contribution in [-0.2, 0) is 9.84 Å². The molecular formula is C18H27ClN2O3S. The van der Waals surface area contributed by atoms with Crippen LogP contribution in [0.4, 0.5) is 0 Å². The molecule has 0 aromatic heterocycles. The molecule has 0 spiro atoms. The third kappa shape index (κ3) is 4.18. The Labute approximate surface area is 156 Å². The molecule has 1 N–H and O–H groups in total. The highest BCUT2D eigenvalue weighted by molar-refractivity contribution is 7.92. The van der Waals surface area contributed by atoms with Crippen molar-refractivity contribution < 1.29 is 13.2 Å². The lowest BCUT2D eigenvalue weighted by Crippen LogP contribution is -2.32. The van der Waals surface area contributed by atoms with E-state index in [9.17, 15) is 13.2 Å². The van der Waals surface area contributed by atoms with Gasteiger partial charge in [0.15, 0.2) is 9.84 Å². The highest BCUT2D eigenvalue weighted by atomic mass is 35.5. The van der Waals surface area contributed by atoms with E-state index in [0.29, 0.717) is 17.4 Å². The summed E-state index contributed by atoms with van der Waals surface area (Å²) in [5.74, 6) is 1.37. The molecule has 2 aliphatic rings. The normalized spacial score (nSPS) is 23.7. The third-order valence-electron chi connectivity index (χ3n) is 5.36. The van der Waals surface area contributed by atoms with E-state index in [-0.39, 0.29) is 23.2 Å². The Bertz CT molecular complexity index is 690. The van der Waals surface area contributed by atoms with Crippen LogP contribution in [0.25, 0.3) is 0 Å². The van der Waals surface area contributed by atoms with E-state index < -0.39 is 15.1 Å². The van der Waals surface area contributed by atoms with Crippen molar-refractivity contribution >= 4 is 28.2 Å². The molecule has 2 aliphatic heterocycles. The van der Waals surface area contributed by atoms with E-state index >= 15 is 0 Å². The van der Waals surface area contributed by atoms with Crippen LogP contribution in [0.15, 0.2) is 29.2 Å². The molecule has 7 heteroatoms.